The van der Waals surface area contributed by atoms with Gasteiger partial charge in [-0.2, -0.15) is 0 Å². The number of hydrogen-bond donors (Lipinski definition) is 2. The molecule has 3 nitrogen and oxygen atoms in total. The summed E-state index contributed by atoms with van der Waals surface area (Å²) in [6.45, 7) is 0. The van der Waals surface area contributed by atoms with Crippen molar-refractivity contribution in [2.75, 3.05) is 0 Å². The largest absolute Gasteiger partial charge is 0.507 e. The molecule has 324 valence electrons. The lowest BCUT2D eigenvalue weighted by atomic mass is 10.0. The maximum Gasteiger partial charge on any atom is 0.153 e. The lowest BCUT2D eigenvalue weighted by Gasteiger charge is -2.08. The lowest BCUT2D eigenvalue weighted by Crippen LogP contribution is -1.88. The standard InChI is InChI=1S/C13H9BrO2.C12H9BrO.S15.S14/c14-10-4-3-7-1-2-8-5-9(6-15)13(16)12(10)11(7)8;13-9-5-3-7-1-2-8-4-6-10(14)12(9)11(7)8;1-3-5-7-9-11-13-15-14-12-10-8-6-4-2;1-3-5-7-9-11-13-14-12-10-8-6-4-2/h3-6,16H,1-2H2;3-6,14H,1-2H2;;. The van der Waals surface area contributed by atoms with E-state index in [1.807, 2.05) is 18.2 Å². The summed E-state index contributed by atoms with van der Waals surface area (Å²) in [4.78, 5) is 10.9. The second-order valence-corrected chi connectivity index (χ2v) is 55.4. The molecule has 2 N–H and O–H groups in total. The van der Waals surface area contributed by atoms with Gasteiger partial charge in [-0.15, -0.1) is 0 Å². The molecule has 0 unspecified atom stereocenters. The van der Waals surface area contributed by atoms with Gasteiger partial charge in [-0.25, -0.2) is 0 Å². The van der Waals surface area contributed by atoms with Crippen molar-refractivity contribution in [1.29, 1.82) is 0 Å². The van der Waals surface area contributed by atoms with Crippen molar-refractivity contribution in [3.8, 4) is 11.5 Å². The van der Waals surface area contributed by atoms with Crippen molar-refractivity contribution in [2.24, 2.45) is 0 Å². The third-order valence-corrected chi connectivity index (χ3v) is 59.2. The number of aryl methyl sites for hydroxylation is 4. The molecule has 2 aliphatic rings. The molecular formula is C25H18Br2O3S29. The Hall–Kier alpha value is 4.01. The van der Waals surface area contributed by atoms with E-state index in [4.69, 9.17) is 44.8 Å². The van der Waals surface area contributed by atoms with E-state index < -0.39 is 0 Å². The maximum atomic E-state index is 10.9. The lowest BCUT2D eigenvalue weighted by molar-refractivity contribution is 0.112. The molecule has 0 radical (unpaired) electrons. The highest BCUT2D eigenvalue weighted by Crippen LogP contribution is 2.42. The Morgan fingerprint density at radius 1 is 0.424 bits per heavy atom. The Bertz CT molecular complexity index is 3290. The zero-order chi connectivity index (χ0) is 42.7. The average molecular weight is 1460 g/mol. The summed E-state index contributed by atoms with van der Waals surface area (Å²) >= 11 is 25.8. The van der Waals surface area contributed by atoms with Gasteiger partial charge < -0.3 is 10.2 Å². The highest BCUT2D eigenvalue weighted by atomic mass is 79.9. The number of benzene rings is 4. The number of phenolic OH excluding ortho intramolecular Hbond substituents is 2. The summed E-state index contributed by atoms with van der Waals surface area (Å²) in [6, 6.07) is 13.8. The third kappa shape index (κ3) is 21.5. The second kappa shape index (κ2) is 36.1. The third-order valence-electron chi connectivity index (χ3n) is 6.76. The van der Waals surface area contributed by atoms with Crippen molar-refractivity contribution in [1.82, 2.24) is 0 Å². The normalized spacial score (nSPS) is 10.4. The molecule has 6 rings (SSSR count). The van der Waals surface area contributed by atoms with E-state index in [1.54, 1.807) is 199 Å². The quantitative estimate of drug-likeness (QED) is 0.210. The number of aromatic hydroxyl groups is 2. The van der Waals surface area contributed by atoms with Crippen LogP contribution < -0.4 is 0 Å². The van der Waals surface area contributed by atoms with Crippen molar-refractivity contribution >= 4 is 326 Å². The molecule has 2 aliphatic carbocycles. The van der Waals surface area contributed by atoms with Gasteiger partial charge in [0.25, 0.3) is 0 Å². The number of halogens is 2. The minimum absolute atomic E-state index is 0.0874. The highest BCUT2D eigenvalue weighted by Gasteiger charge is 2.21. The SMILES string of the molecule is O=Cc1cc2c3c(ccc(Br)c3c1O)CC2.Oc1ccc2c3c(ccc(Br)c13)CC2.S=S=S=S=S=S=S=S=S=S=S=S=S=S.S=S=S=S=S=S=S=S=S=S=S=S=S=S=S. The minimum atomic E-state index is 0.0874. The van der Waals surface area contributed by atoms with Crippen LogP contribution in [0, 0.1) is 0 Å². The zero-order valence-electron chi connectivity index (χ0n) is 27.8. The van der Waals surface area contributed by atoms with E-state index in [2.05, 4.69) is 44.0 Å². The number of rotatable bonds is 1. The summed E-state index contributed by atoms with van der Waals surface area (Å²) in [7, 11) is 41.6. The number of carbonyl (C=O) groups excluding carboxylic acids is 1. The molecule has 0 saturated heterocycles. The summed E-state index contributed by atoms with van der Waals surface area (Å²) < 4.78 is 1.83. The molecular weight excluding hydrogens is 1440 g/mol. The number of phenols is 2. The van der Waals surface area contributed by atoms with E-state index in [0.717, 1.165) is 56.4 Å². The van der Waals surface area contributed by atoms with Gasteiger partial charge in [0.1, 0.15) is 11.5 Å². The van der Waals surface area contributed by atoms with Gasteiger partial charge in [0.15, 0.2) is 6.29 Å². The Morgan fingerprint density at radius 3 is 1.08 bits per heavy atom. The fourth-order valence-corrected chi connectivity index (χ4v) is 63.6. The minimum Gasteiger partial charge on any atom is -0.507 e. The van der Waals surface area contributed by atoms with Crippen LogP contribution in [0.25, 0.3) is 21.5 Å². The molecule has 0 fully saturated rings. The number of aldehydes is 1. The number of carbonyl (C=O) groups is 1. The van der Waals surface area contributed by atoms with E-state index in [0.29, 0.717) is 17.6 Å². The first kappa shape index (κ1) is 57.3. The van der Waals surface area contributed by atoms with Crippen molar-refractivity contribution < 1.29 is 15.0 Å². The van der Waals surface area contributed by atoms with Crippen molar-refractivity contribution in [2.45, 2.75) is 25.7 Å². The summed E-state index contributed by atoms with van der Waals surface area (Å²) in [5, 5.41) is 23.9. The molecule has 0 heterocycles. The van der Waals surface area contributed by atoms with Gasteiger partial charge in [-0.1, -0.05) is 50.1 Å². The fourth-order valence-electron chi connectivity index (χ4n) is 4.96. The van der Waals surface area contributed by atoms with Crippen LogP contribution in [0.4, 0.5) is 0 Å². The predicted octanol–water partition coefficient (Wildman–Crippen LogP) is 6.56. The zero-order valence-corrected chi connectivity index (χ0v) is 54.7. The number of hydrogen-bond acceptors (Lipinski definition) is 7. The molecule has 0 amide bonds. The first-order valence-corrected chi connectivity index (χ1v) is 51.9. The molecule has 0 saturated carbocycles. The van der Waals surface area contributed by atoms with E-state index in [9.17, 15) is 15.0 Å². The van der Waals surface area contributed by atoms with Crippen molar-refractivity contribution in [3.63, 3.8) is 0 Å². The van der Waals surface area contributed by atoms with Crippen LogP contribution in [0.15, 0.2) is 51.4 Å². The average Bonchev–Trinajstić information content (AvgIpc) is 3.87. The van der Waals surface area contributed by atoms with Gasteiger partial charge in [-0.3, -0.25) is 4.79 Å². The smallest absolute Gasteiger partial charge is 0.153 e. The first-order chi connectivity index (χ1) is 28.8. The summed E-state index contributed by atoms with van der Waals surface area (Å²) in [5.74, 6) is 0.462. The van der Waals surface area contributed by atoms with Crippen LogP contribution in [0.1, 0.15) is 32.6 Å². The van der Waals surface area contributed by atoms with Crippen LogP contribution in [-0.2, 0) is 292 Å². The Balaban J connectivity index is 0.000000211. The highest BCUT2D eigenvalue weighted by molar-refractivity contribution is 9.11. The van der Waals surface area contributed by atoms with Gasteiger partial charge >= 0.3 is 0 Å². The van der Waals surface area contributed by atoms with Gasteiger partial charge in [0.05, 0.1) is 5.56 Å². The Kier molecular flexibility index (Phi) is 35.0. The van der Waals surface area contributed by atoms with Crippen LogP contribution in [0.5, 0.6) is 11.5 Å². The maximum absolute atomic E-state index is 10.9. The van der Waals surface area contributed by atoms with Gasteiger partial charge in [-0.05, 0) is 83.0 Å². The fraction of sp³-hybridized carbons (Fsp3) is 0.160. The monoisotopic (exact) mass is 1450 g/mol. The summed E-state index contributed by atoms with van der Waals surface area (Å²) in [5.41, 5.74) is 5.50. The van der Waals surface area contributed by atoms with Gasteiger partial charge in [0, 0.05) is 286 Å². The Morgan fingerprint density at radius 2 is 0.729 bits per heavy atom. The molecule has 0 atom stereocenters. The van der Waals surface area contributed by atoms with Crippen LogP contribution in [0.2, 0.25) is 0 Å². The predicted molar refractivity (Wildman–Crippen MR) is 340 cm³/mol. The molecule has 34 heteroatoms. The Labute approximate surface area is 448 Å². The van der Waals surface area contributed by atoms with Gasteiger partial charge in [0.2, 0.25) is 0 Å². The second-order valence-electron chi connectivity index (χ2n) is 9.45. The molecule has 0 aromatic heterocycles. The molecule has 59 heavy (non-hydrogen) atoms. The molecule has 4 aromatic carbocycles. The van der Waals surface area contributed by atoms with E-state index >= 15 is 0 Å². The topological polar surface area (TPSA) is 57.5 Å². The molecule has 0 bridgehead atoms. The molecule has 0 aliphatic heterocycles. The van der Waals surface area contributed by atoms with Crippen LogP contribution >= 0.6 is 31.9 Å². The summed E-state index contributed by atoms with van der Waals surface area (Å²) in [6.07, 6.45) is 4.85. The van der Waals surface area contributed by atoms with E-state index in [-0.39, 0.29) is 5.75 Å². The van der Waals surface area contributed by atoms with Crippen LogP contribution in [0.3, 0.4) is 0 Å². The molecule has 0 spiro atoms. The first-order valence-electron chi connectivity index (χ1n) is 14.3. The van der Waals surface area contributed by atoms with E-state index in [1.165, 1.54) is 57.6 Å². The van der Waals surface area contributed by atoms with Crippen molar-refractivity contribution in [3.05, 3.63) is 79.2 Å². The molecule has 4 aromatic rings. The van der Waals surface area contributed by atoms with Crippen LogP contribution in [-0.4, -0.2) is 16.5 Å².